The molecule has 5 nitrogen and oxygen atoms in total. The summed E-state index contributed by atoms with van der Waals surface area (Å²) in [5.41, 5.74) is 0.158. The summed E-state index contributed by atoms with van der Waals surface area (Å²) in [6.45, 7) is -0.275. The average Bonchev–Trinajstić information content (AvgIpc) is 3.40. The molecule has 2 aliphatic rings. The Labute approximate surface area is 166 Å². The molecule has 2 aromatic rings. The van der Waals surface area contributed by atoms with Crippen LogP contribution < -0.4 is 5.32 Å². The Balaban J connectivity index is 1.50. The zero-order valence-corrected chi connectivity index (χ0v) is 16.1. The van der Waals surface area contributed by atoms with Crippen molar-refractivity contribution in [3.05, 3.63) is 58.0 Å². The van der Waals surface area contributed by atoms with E-state index >= 15 is 0 Å². The van der Waals surface area contributed by atoms with Crippen LogP contribution in [0.5, 0.6) is 0 Å². The van der Waals surface area contributed by atoms with Gasteiger partial charge in [0.15, 0.2) is 0 Å². The van der Waals surface area contributed by atoms with Gasteiger partial charge in [-0.2, -0.15) is 0 Å². The minimum atomic E-state index is -0.582. The monoisotopic (exact) mass is 400 g/mol. The number of nitrogens with zero attached hydrogens (tertiary/aromatic N) is 1. The Kier molecular flexibility index (Phi) is 5.02. The van der Waals surface area contributed by atoms with Crippen molar-refractivity contribution >= 4 is 29.1 Å². The number of nitrogens with one attached hydrogen (secondary N) is 1. The molecular formula is C21H21FN2O3S. The molecule has 0 radical (unpaired) electrons. The number of rotatable bonds is 5. The minimum Gasteiger partial charge on any atom is -0.343 e. The van der Waals surface area contributed by atoms with E-state index in [0.29, 0.717) is 0 Å². The molecule has 2 fully saturated rings. The van der Waals surface area contributed by atoms with Crippen molar-refractivity contribution in [2.75, 3.05) is 6.54 Å². The Morgan fingerprint density at radius 1 is 1.18 bits per heavy atom. The summed E-state index contributed by atoms with van der Waals surface area (Å²) in [6.07, 6.45) is 3.56. The van der Waals surface area contributed by atoms with Crippen molar-refractivity contribution in [2.45, 2.75) is 38.1 Å². The van der Waals surface area contributed by atoms with Crippen molar-refractivity contribution in [3.8, 4) is 0 Å². The highest BCUT2D eigenvalue weighted by Gasteiger charge is 2.52. The van der Waals surface area contributed by atoms with E-state index in [1.165, 1.54) is 23.5 Å². The third kappa shape index (κ3) is 3.46. The van der Waals surface area contributed by atoms with Crippen LogP contribution >= 0.6 is 11.3 Å². The second kappa shape index (κ2) is 7.47. The maximum atomic E-state index is 13.3. The van der Waals surface area contributed by atoms with E-state index in [1.807, 2.05) is 17.5 Å². The van der Waals surface area contributed by atoms with E-state index in [9.17, 15) is 18.8 Å². The number of hydrogen-bond acceptors (Lipinski definition) is 4. The van der Waals surface area contributed by atoms with Crippen molar-refractivity contribution < 1.29 is 18.8 Å². The molecule has 1 unspecified atom stereocenters. The van der Waals surface area contributed by atoms with Crippen molar-refractivity contribution in [2.24, 2.45) is 5.41 Å². The van der Waals surface area contributed by atoms with Gasteiger partial charge in [0, 0.05) is 11.3 Å². The summed E-state index contributed by atoms with van der Waals surface area (Å²) in [4.78, 5) is 39.9. The van der Waals surface area contributed by atoms with Gasteiger partial charge in [-0.25, -0.2) is 4.39 Å². The summed E-state index contributed by atoms with van der Waals surface area (Å²) >= 11 is 1.48. The average molecular weight is 400 g/mol. The Bertz CT molecular complexity index is 889. The summed E-state index contributed by atoms with van der Waals surface area (Å²) < 4.78 is 13.3. The molecule has 3 amide bonds. The third-order valence-electron chi connectivity index (χ3n) is 5.69. The van der Waals surface area contributed by atoms with Gasteiger partial charge < -0.3 is 5.32 Å². The van der Waals surface area contributed by atoms with Crippen LogP contribution in [-0.2, 0) is 14.4 Å². The first-order chi connectivity index (χ1) is 13.5. The molecule has 1 aliphatic heterocycles. The number of carbonyl (C=O) groups is 3. The lowest BCUT2D eigenvalue weighted by atomic mass is 9.84. The summed E-state index contributed by atoms with van der Waals surface area (Å²) in [5.74, 6) is -1.23. The van der Waals surface area contributed by atoms with Gasteiger partial charge in [0.05, 0.1) is 11.5 Å². The number of halogens is 1. The predicted octanol–water partition coefficient (Wildman–Crippen LogP) is 3.41. The van der Waals surface area contributed by atoms with Crippen LogP contribution in [0.3, 0.4) is 0 Å². The van der Waals surface area contributed by atoms with Crippen molar-refractivity contribution in [1.82, 2.24) is 10.2 Å². The molecule has 1 saturated carbocycles. The van der Waals surface area contributed by atoms with Crippen LogP contribution in [0.4, 0.5) is 4.39 Å². The fraction of sp³-hybridized carbons (Fsp3) is 0.381. The lowest BCUT2D eigenvalue weighted by Crippen LogP contribution is -2.43. The lowest BCUT2D eigenvalue weighted by Gasteiger charge is -2.22. The Morgan fingerprint density at radius 3 is 2.54 bits per heavy atom. The maximum Gasteiger partial charge on any atom is 0.240 e. The molecule has 1 aromatic carbocycles. The van der Waals surface area contributed by atoms with Gasteiger partial charge in [-0.05, 0) is 42.0 Å². The number of thiophene rings is 1. The van der Waals surface area contributed by atoms with Crippen LogP contribution in [0.2, 0.25) is 0 Å². The molecule has 2 heterocycles. The Hall–Kier alpha value is -2.54. The van der Waals surface area contributed by atoms with Crippen molar-refractivity contribution in [1.29, 1.82) is 0 Å². The highest BCUT2D eigenvalue weighted by atomic mass is 32.1. The second-order valence-electron chi connectivity index (χ2n) is 7.52. The number of amides is 3. The first-order valence-electron chi connectivity index (χ1n) is 9.42. The largest absolute Gasteiger partial charge is 0.343 e. The van der Waals surface area contributed by atoms with Gasteiger partial charge in [-0.3, -0.25) is 19.3 Å². The van der Waals surface area contributed by atoms with E-state index in [1.54, 1.807) is 12.1 Å². The fourth-order valence-electron chi connectivity index (χ4n) is 4.24. The van der Waals surface area contributed by atoms with Crippen LogP contribution in [0.25, 0.3) is 0 Å². The number of hydrogen-bond donors (Lipinski definition) is 1. The first-order valence-corrected chi connectivity index (χ1v) is 10.3. The highest BCUT2D eigenvalue weighted by Crippen LogP contribution is 2.46. The smallest absolute Gasteiger partial charge is 0.240 e. The number of likely N-dealkylation sites (tertiary alicyclic amines) is 1. The molecule has 4 rings (SSSR count). The van der Waals surface area contributed by atoms with E-state index in [-0.39, 0.29) is 30.6 Å². The van der Waals surface area contributed by atoms with E-state index in [4.69, 9.17) is 0 Å². The molecule has 1 atom stereocenters. The molecule has 1 spiro atoms. The molecule has 1 aliphatic carbocycles. The first kappa shape index (κ1) is 18.8. The zero-order chi connectivity index (χ0) is 19.7. The highest BCUT2D eigenvalue weighted by molar-refractivity contribution is 7.10. The van der Waals surface area contributed by atoms with Gasteiger partial charge in [-0.1, -0.05) is 31.0 Å². The van der Waals surface area contributed by atoms with Crippen LogP contribution in [0.15, 0.2) is 41.8 Å². The minimum absolute atomic E-state index is 0.209. The third-order valence-corrected chi connectivity index (χ3v) is 6.63. The summed E-state index contributed by atoms with van der Waals surface area (Å²) in [5, 5.41) is 4.80. The molecule has 7 heteroatoms. The van der Waals surface area contributed by atoms with E-state index in [2.05, 4.69) is 5.32 Å². The number of benzene rings is 1. The maximum absolute atomic E-state index is 13.3. The van der Waals surface area contributed by atoms with Gasteiger partial charge in [-0.15, -0.1) is 11.3 Å². The number of imide groups is 1. The van der Waals surface area contributed by atoms with Gasteiger partial charge >= 0.3 is 0 Å². The van der Waals surface area contributed by atoms with Gasteiger partial charge in [0.25, 0.3) is 0 Å². The Morgan fingerprint density at radius 2 is 1.89 bits per heavy atom. The SMILES string of the molecule is O=C(CN1C(=O)CC2(CCCC2)C1=O)NC(c1ccc(F)cc1)c1cccs1. The van der Waals surface area contributed by atoms with Crippen LogP contribution in [-0.4, -0.2) is 29.2 Å². The van der Waals surface area contributed by atoms with Crippen LogP contribution in [0, 0.1) is 11.2 Å². The molecular weight excluding hydrogens is 379 g/mol. The molecule has 1 N–H and O–H groups in total. The molecule has 28 heavy (non-hydrogen) atoms. The molecule has 146 valence electrons. The fourth-order valence-corrected chi connectivity index (χ4v) is 5.04. The molecule has 0 bridgehead atoms. The summed E-state index contributed by atoms with van der Waals surface area (Å²) in [7, 11) is 0. The van der Waals surface area contributed by atoms with E-state index in [0.717, 1.165) is 41.0 Å². The van der Waals surface area contributed by atoms with Gasteiger partial charge in [0.1, 0.15) is 12.4 Å². The zero-order valence-electron chi connectivity index (χ0n) is 15.3. The van der Waals surface area contributed by atoms with E-state index < -0.39 is 17.4 Å². The standard InChI is InChI=1S/C21H21FN2O3S/c22-15-7-5-14(6-8-15)19(16-4-3-11-28-16)23-17(25)13-24-18(26)12-21(20(24)27)9-1-2-10-21/h3-8,11,19H,1-2,9-10,12-13H2,(H,23,25). The van der Waals surface area contributed by atoms with Crippen LogP contribution in [0.1, 0.15) is 48.6 Å². The normalized spacial score (nSPS) is 19.4. The van der Waals surface area contributed by atoms with Crippen molar-refractivity contribution in [3.63, 3.8) is 0 Å². The van der Waals surface area contributed by atoms with Gasteiger partial charge in [0.2, 0.25) is 17.7 Å². The predicted molar refractivity (Wildman–Crippen MR) is 103 cm³/mol. The lowest BCUT2D eigenvalue weighted by molar-refractivity contribution is -0.144. The molecule has 1 saturated heterocycles. The molecule has 1 aromatic heterocycles. The topological polar surface area (TPSA) is 66.5 Å². The second-order valence-corrected chi connectivity index (χ2v) is 8.50. The number of carbonyl (C=O) groups excluding carboxylic acids is 3. The quantitative estimate of drug-likeness (QED) is 0.782. The summed E-state index contributed by atoms with van der Waals surface area (Å²) in [6, 6.07) is 9.25.